The van der Waals surface area contributed by atoms with Gasteiger partial charge < -0.3 is 9.64 Å². The summed E-state index contributed by atoms with van der Waals surface area (Å²) in [6, 6.07) is 13.1. The Kier molecular flexibility index (Phi) is 2.33. The van der Waals surface area contributed by atoms with Gasteiger partial charge in [0.2, 0.25) is 0 Å². The van der Waals surface area contributed by atoms with Gasteiger partial charge >= 0.3 is 0 Å². The molecular weight excluding hydrogens is 226 g/mol. The highest BCUT2D eigenvalue weighted by atomic mass is 16.5. The number of hydrogen-bond acceptors (Lipinski definition) is 2. The lowest BCUT2D eigenvalue weighted by molar-refractivity contribution is 0.0993. The first-order chi connectivity index (χ1) is 8.68. The van der Waals surface area contributed by atoms with Crippen molar-refractivity contribution in [3.63, 3.8) is 0 Å². The molecule has 0 bridgehead atoms. The molecule has 0 N–H and O–H groups in total. The Balaban J connectivity index is 2.27. The van der Waals surface area contributed by atoms with E-state index in [1.807, 2.05) is 43.3 Å². The summed E-state index contributed by atoms with van der Waals surface area (Å²) in [4.78, 5) is 14.0. The lowest BCUT2D eigenvalue weighted by Crippen LogP contribution is -2.25. The molecule has 0 saturated carbocycles. The summed E-state index contributed by atoms with van der Waals surface area (Å²) in [5, 5.41) is 0. The molecule has 18 heavy (non-hydrogen) atoms. The summed E-state index contributed by atoms with van der Waals surface area (Å²) in [6.07, 6.45) is 0. The maximum absolute atomic E-state index is 12.4. The van der Waals surface area contributed by atoms with Gasteiger partial charge in [-0.15, -0.1) is 0 Å². The van der Waals surface area contributed by atoms with E-state index in [0.717, 1.165) is 17.0 Å². The van der Waals surface area contributed by atoms with Gasteiger partial charge in [-0.25, -0.2) is 0 Å². The highest BCUT2D eigenvalue weighted by Crippen LogP contribution is 2.39. The number of carbonyl (C=O) groups excluding carboxylic acids is 1. The second-order valence-electron chi connectivity index (χ2n) is 4.38. The quantitative estimate of drug-likeness (QED) is 0.705. The zero-order valence-corrected chi connectivity index (χ0v) is 10.3. The Morgan fingerprint density at radius 1 is 1.00 bits per heavy atom. The average molecular weight is 239 g/mol. The maximum atomic E-state index is 12.4. The summed E-state index contributed by atoms with van der Waals surface area (Å²) >= 11 is 0. The van der Waals surface area contributed by atoms with Crippen LogP contribution in [-0.2, 0) is 0 Å². The molecule has 2 aromatic rings. The number of ether oxygens (including phenoxy) is 1. The van der Waals surface area contributed by atoms with Crippen molar-refractivity contribution in [1.29, 1.82) is 0 Å². The van der Waals surface area contributed by atoms with Crippen molar-refractivity contribution in [2.45, 2.75) is 6.92 Å². The lowest BCUT2D eigenvalue weighted by atomic mass is 10.1. The van der Waals surface area contributed by atoms with Crippen LogP contribution in [-0.4, -0.2) is 13.0 Å². The summed E-state index contributed by atoms with van der Waals surface area (Å²) in [5.41, 5.74) is 2.45. The van der Waals surface area contributed by atoms with Crippen molar-refractivity contribution in [3.05, 3.63) is 53.6 Å². The van der Waals surface area contributed by atoms with E-state index in [9.17, 15) is 4.79 Å². The molecule has 3 rings (SSSR count). The number of aryl methyl sites for hydroxylation is 1. The fourth-order valence-electron chi connectivity index (χ4n) is 2.28. The fraction of sp³-hybridized carbons (Fsp3) is 0.133. The molecule has 2 aromatic carbocycles. The lowest BCUT2D eigenvalue weighted by Gasteiger charge is -2.18. The minimum Gasteiger partial charge on any atom is -0.454 e. The number of hydrogen-bond donors (Lipinski definition) is 0. The van der Waals surface area contributed by atoms with E-state index in [0.29, 0.717) is 11.3 Å². The molecule has 0 fully saturated rings. The normalized spacial score (nSPS) is 13.4. The predicted molar refractivity (Wildman–Crippen MR) is 70.4 cm³/mol. The Bertz CT molecular complexity index is 634. The van der Waals surface area contributed by atoms with E-state index in [1.54, 1.807) is 18.0 Å². The van der Waals surface area contributed by atoms with Crippen molar-refractivity contribution in [1.82, 2.24) is 0 Å². The van der Waals surface area contributed by atoms with Gasteiger partial charge in [-0.3, -0.25) is 4.79 Å². The predicted octanol–water partition coefficient (Wildman–Crippen LogP) is 3.38. The molecule has 0 unspecified atom stereocenters. The molecule has 0 radical (unpaired) electrons. The van der Waals surface area contributed by atoms with Crippen molar-refractivity contribution in [3.8, 4) is 11.5 Å². The van der Waals surface area contributed by atoms with E-state index < -0.39 is 0 Å². The summed E-state index contributed by atoms with van der Waals surface area (Å²) < 4.78 is 5.86. The summed E-state index contributed by atoms with van der Waals surface area (Å²) in [5.74, 6) is 1.29. The van der Waals surface area contributed by atoms with E-state index in [2.05, 4.69) is 0 Å². The Morgan fingerprint density at radius 2 is 1.72 bits per heavy atom. The number of carbonyl (C=O) groups is 1. The van der Waals surface area contributed by atoms with Crippen molar-refractivity contribution in [2.24, 2.45) is 0 Å². The Morgan fingerprint density at radius 3 is 2.56 bits per heavy atom. The smallest absolute Gasteiger partial charge is 0.261 e. The van der Waals surface area contributed by atoms with Crippen molar-refractivity contribution < 1.29 is 9.53 Å². The molecular formula is C15H13NO2. The average Bonchev–Trinajstić information content (AvgIpc) is 2.48. The number of para-hydroxylation sites is 2. The number of amides is 1. The van der Waals surface area contributed by atoms with Crippen LogP contribution in [0.25, 0.3) is 0 Å². The molecule has 0 aromatic heterocycles. The first-order valence-corrected chi connectivity index (χ1v) is 5.83. The SMILES string of the molecule is Cc1cccc2c1N(C)C(=O)c1ccccc1O2. The van der Waals surface area contributed by atoms with Gasteiger partial charge in [-0.1, -0.05) is 24.3 Å². The van der Waals surface area contributed by atoms with E-state index >= 15 is 0 Å². The van der Waals surface area contributed by atoms with Crippen LogP contribution in [0.1, 0.15) is 15.9 Å². The topological polar surface area (TPSA) is 29.5 Å². The van der Waals surface area contributed by atoms with Gasteiger partial charge in [0.05, 0.1) is 11.3 Å². The molecule has 0 saturated heterocycles. The van der Waals surface area contributed by atoms with E-state index in [-0.39, 0.29) is 5.91 Å². The molecule has 1 aliphatic heterocycles. The van der Waals surface area contributed by atoms with Gasteiger partial charge in [-0.05, 0) is 30.7 Å². The van der Waals surface area contributed by atoms with E-state index in [1.165, 1.54) is 0 Å². The van der Waals surface area contributed by atoms with Gasteiger partial charge in [-0.2, -0.15) is 0 Å². The summed E-state index contributed by atoms with van der Waals surface area (Å²) in [6.45, 7) is 1.97. The Hall–Kier alpha value is -2.29. The zero-order chi connectivity index (χ0) is 12.7. The number of anilines is 1. The largest absolute Gasteiger partial charge is 0.454 e. The van der Waals surface area contributed by atoms with Crippen LogP contribution in [0.15, 0.2) is 42.5 Å². The highest BCUT2D eigenvalue weighted by Gasteiger charge is 2.26. The second-order valence-corrected chi connectivity index (χ2v) is 4.38. The van der Waals surface area contributed by atoms with Crippen LogP contribution in [0, 0.1) is 6.92 Å². The first-order valence-electron chi connectivity index (χ1n) is 5.83. The fourth-order valence-corrected chi connectivity index (χ4v) is 2.28. The van der Waals surface area contributed by atoms with Gasteiger partial charge in [0.15, 0.2) is 5.75 Å². The molecule has 0 aliphatic carbocycles. The Labute approximate surface area is 106 Å². The molecule has 1 amide bonds. The number of nitrogens with zero attached hydrogens (tertiary/aromatic N) is 1. The zero-order valence-electron chi connectivity index (χ0n) is 10.3. The van der Waals surface area contributed by atoms with Crippen molar-refractivity contribution >= 4 is 11.6 Å². The highest BCUT2D eigenvalue weighted by molar-refractivity contribution is 6.09. The van der Waals surface area contributed by atoms with Gasteiger partial charge in [0, 0.05) is 7.05 Å². The van der Waals surface area contributed by atoms with Gasteiger partial charge in [0.1, 0.15) is 5.75 Å². The van der Waals surface area contributed by atoms with Crippen LogP contribution >= 0.6 is 0 Å². The van der Waals surface area contributed by atoms with Crippen molar-refractivity contribution in [2.75, 3.05) is 11.9 Å². The maximum Gasteiger partial charge on any atom is 0.261 e. The third-order valence-corrected chi connectivity index (χ3v) is 3.18. The van der Waals surface area contributed by atoms with Crippen LogP contribution in [0.5, 0.6) is 11.5 Å². The van der Waals surface area contributed by atoms with Crippen LogP contribution < -0.4 is 9.64 Å². The molecule has 0 spiro atoms. The number of rotatable bonds is 0. The monoisotopic (exact) mass is 239 g/mol. The van der Waals surface area contributed by atoms with E-state index in [4.69, 9.17) is 4.74 Å². The summed E-state index contributed by atoms with van der Waals surface area (Å²) in [7, 11) is 1.78. The van der Waals surface area contributed by atoms with Gasteiger partial charge in [0.25, 0.3) is 5.91 Å². The molecule has 1 aliphatic rings. The molecule has 3 heteroatoms. The number of fused-ring (bicyclic) bond motifs is 2. The second kappa shape index (κ2) is 3.88. The third-order valence-electron chi connectivity index (χ3n) is 3.18. The molecule has 0 atom stereocenters. The minimum atomic E-state index is -0.0429. The molecule has 90 valence electrons. The minimum absolute atomic E-state index is 0.0429. The van der Waals surface area contributed by atoms with Crippen LogP contribution in [0.2, 0.25) is 0 Å². The molecule has 1 heterocycles. The number of benzene rings is 2. The first kappa shape index (κ1) is 10.8. The molecule has 3 nitrogen and oxygen atoms in total. The standard InChI is InChI=1S/C15H13NO2/c1-10-6-5-9-13-14(10)16(2)15(17)11-7-3-4-8-12(11)18-13/h3-9H,1-2H3. The third kappa shape index (κ3) is 1.48. The van der Waals surface area contributed by atoms with Crippen LogP contribution in [0.4, 0.5) is 5.69 Å². The van der Waals surface area contributed by atoms with Crippen LogP contribution in [0.3, 0.4) is 0 Å².